The monoisotopic (exact) mass is 1360 g/mol. The van der Waals surface area contributed by atoms with Crippen LogP contribution in [0.2, 0.25) is 0 Å². The Morgan fingerprint density at radius 3 is 1.75 bits per heavy atom. The first-order chi connectivity index (χ1) is 45.7. The lowest BCUT2D eigenvalue weighted by Gasteiger charge is -2.41. The number of likely N-dealkylation sites (N-methyl/N-ethyl adjacent to an activating group) is 2. The maximum atomic E-state index is 14.6. The highest BCUT2D eigenvalue weighted by Gasteiger charge is 2.44. The molecule has 0 aliphatic carbocycles. The number of hydrogen-bond acceptors (Lipinski definition) is 19. The lowest BCUT2D eigenvalue weighted by atomic mass is 9.83. The van der Waals surface area contributed by atoms with Crippen LogP contribution in [0.3, 0.4) is 0 Å². The molecule has 2 aliphatic heterocycles. The number of carboxylic acid groups (broad SMARTS) is 1. The van der Waals surface area contributed by atoms with Crippen LogP contribution < -0.4 is 20.7 Å². The molecule has 1 aromatic carbocycles. The first-order valence-electron chi connectivity index (χ1n) is 34.3. The number of amides is 5. The van der Waals surface area contributed by atoms with Gasteiger partial charge in [-0.1, -0.05) is 74.8 Å². The van der Waals surface area contributed by atoms with E-state index in [-0.39, 0.29) is 150 Å². The van der Waals surface area contributed by atoms with Gasteiger partial charge in [-0.05, 0) is 107 Å². The fourth-order valence-electron chi connectivity index (χ4n) is 12.5. The molecule has 4 N–H and O–H groups in total. The Bertz CT molecular complexity index is 2950. The van der Waals surface area contributed by atoms with Gasteiger partial charge in [0, 0.05) is 110 Å². The molecule has 5 amide bonds. The number of methoxy groups -OCH3 is 2. The summed E-state index contributed by atoms with van der Waals surface area (Å²) in [7, 11) is 8.34. The summed E-state index contributed by atoms with van der Waals surface area (Å²) in [6.07, 6.45) is -1.06. The standard InChI is InChI=1S/C72H110N6O19/c1-17-44(6)67(77(14)70(89)54(42(2)3)40-60(84)66(43(4)5)76(12)13)62(93-15)41-65(87)78-30-18-23-56(78)68(94-16)47(9)57(81)39-51(71(90)91)37-50-24-27-61-55(38-50)75-69(88)45(7)35-58(82)48(10)73-63(85)28-33-95-31-19-21-52(79)25-26-53(80)22-20-32-96-34-29-64(86)74-49(11)59(83)36-46(8)72(92)97-61/h24,27,38,42-49,51,54,56,62,66-68H,17-23,28-37,39-41H2,1-16H3,(H,73,85)(H,74,86)(H,75,88)(H,90,91)/t44-,45+,46+,47-,48-,49-,51+,54-,56-,62+,66-,67-,68+/m0/s1. The number of rotatable bonds is 23. The molecule has 2 aliphatic rings. The summed E-state index contributed by atoms with van der Waals surface area (Å²) in [6.45, 7) is 19.8. The van der Waals surface area contributed by atoms with E-state index >= 15 is 0 Å². The van der Waals surface area contributed by atoms with E-state index in [1.165, 1.54) is 60.1 Å². The van der Waals surface area contributed by atoms with E-state index in [1.807, 2.05) is 60.5 Å². The summed E-state index contributed by atoms with van der Waals surface area (Å²) in [5.41, 5.74) is 0.186. The number of hydrogen-bond donors (Lipinski definition) is 4. The highest BCUT2D eigenvalue weighted by molar-refractivity contribution is 6.04. The number of ether oxygens (including phenoxy) is 5. The molecule has 25 heteroatoms. The number of carbonyl (C=O) groups excluding carboxylic acids is 12. The molecule has 0 radical (unpaired) electrons. The van der Waals surface area contributed by atoms with Crippen LogP contribution in [0.1, 0.15) is 172 Å². The molecule has 13 atom stereocenters. The summed E-state index contributed by atoms with van der Waals surface area (Å²) >= 11 is 0. The highest BCUT2D eigenvalue weighted by Crippen LogP contribution is 2.34. The van der Waals surface area contributed by atoms with E-state index in [0.29, 0.717) is 31.4 Å². The molecule has 3 rings (SSSR count). The van der Waals surface area contributed by atoms with E-state index < -0.39 is 131 Å². The Kier molecular flexibility index (Phi) is 36.4. The van der Waals surface area contributed by atoms with Crippen LogP contribution in [0, 0.1) is 59.2 Å². The van der Waals surface area contributed by atoms with Gasteiger partial charge in [-0.3, -0.25) is 67.2 Å². The second-order valence-electron chi connectivity index (χ2n) is 27.2. The van der Waals surface area contributed by atoms with Crippen molar-refractivity contribution in [2.45, 2.75) is 215 Å². The van der Waals surface area contributed by atoms with Gasteiger partial charge in [0.15, 0.2) is 23.1 Å². The summed E-state index contributed by atoms with van der Waals surface area (Å²) in [6, 6.07) is 0.610. The molecule has 97 heavy (non-hydrogen) atoms. The molecule has 0 saturated carbocycles. The number of ketones is 6. The molecule has 1 saturated heterocycles. The fourth-order valence-corrected chi connectivity index (χ4v) is 12.5. The first kappa shape index (κ1) is 84.1. The van der Waals surface area contributed by atoms with Crippen LogP contribution in [0.5, 0.6) is 5.75 Å². The van der Waals surface area contributed by atoms with Crippen molar-refractivity contribution < 1.29 is 91.1 Å². The number of carboxylic acids is 1. The minimum absolute atomic E-state index is 0.0155. The smallest absolute Gasteiger partial charge is 0.314 e. The molecular weight excluding hydrogens is 1250 g/mol. The fraction of sp³-hybridized carbons (Fsp3) is 0.708. The molecule has 0 spiro atoms. The minimum atomic E-state index is -1.34. The number of esters is 1. The Labute approximate surface area is 573 Å². The second kappa shape index (κ2) is 42.0. The molecule has 25 nitrogen and oxygen atoms in total. The van der Waals surface area contributed by atoms with Crippen LogP contribution in [-0.4, -0.2) is 207 Å². The number of likely N-dealkylation sites (tertiary alicyclic amines) is 1. The molecule has 1 aromatic rings. The Morgan fingerprint density at radius 1 is 0.701 bits per heavy atom. The number of aliphatic carboxylic acids is 1. The van der Waals surface area contributed by atoms with Crippen LogP contribution in [0.15, 0.2) is 18.2 Å². The number of nitrogens with zero attached hydrogens (tertiary/aromatic N) is 3. The van der Waals surface area contributed by atoms with E-state index in [1.54, 1.807) is 23.8 Å². The van der Waals surface area contributed by atoms with E-state index in [4.69, 9.17) is 23.7 Å². The Balaban J connectivity index is 1.89. The number of carbonyl (C=O) groups is 13. The zero-order valence-electron chi connectivity index (χ0n) is 60.2. The van der Waals surface area contributed by atoms with E-state index in [0.717, 1.165) is 0 Å². The van der Waals surface area contributed by atoms with Gasteiger partial charge in [-0.25, -0.2) is 0 Å². The zero-order valence-corrected chi connectivity index (χ0v) is 60.2. The number of benzene rings is 1. The molecule has 0 bridgehead atoms. The van der Waals surface area contributed by atoms with Crippen LogP contribution in [0.25, 0.3) is 0 Å². The molecule has 2 heterocycles. The third kappa shape index (κ3) is 27.3. The summed E-state index contributed by atoms with van der Waals surface area (Å²) in [5.74, 6) is -7.71. The van der Waals surface area contributed by atoms with Crippen molar-refractivity contribution in [2.24, 2.45) is 47.3 Å². The molecule has 1 fully saturated rings. The third-order valence-corrected chi connectivity index (χ3v) is 18.5. The van der Waals surface area contributed by atoms with Gasteiger partial charge < -0.3 is 54.5 Å². The van der Waals surface area contributed by atoms with Gasteiger partial charge in [0.2, 0.25) is 41.1 Å². The average molecular weight is 1360 g/mol. The van der Waals surface area contributed by atoms with Crippen LogP contribution in [0.4, 0.5) is 5.69 Å². The van der Waals surface area contributed by atoms with E-state index in [9.17, 15) is 67.4 Å². The molecule has 542 valence electrons. The maximum absolute atomic E-state index is 14.6. The first-order valence-corrected chi connectivity index (χ1v) is 34.3. The Hall–Kier alpha value is -7.11. The second-order valence-corrected chi connectivity index (χ2v) is 27.2. The van der Waals surface area contributed by atoms with Crippen molar-refractivity contribution in [1.82, 2.24) is 25.3 Å². The lowest BCUT2D eigenvalue weighted by Crippen LogP contribution is -2.54. The number of anilines is 1. The van der Waals surface area contributed by atoms with Gasteiger partial charge in [-0.2, -0.15) is 0 Å². The summed E-state index contributed by atoms with van der Waals surface area (Å²) < 4.78 is 28.9. The van der Waals surface area contributed by atoms with Gasteiger partial charge in [0.05, 0.1) is 79.6 Å². The lowest BCUT2D eigenvalue weighted by molar-refractivity contribution is -0.149. The van der Waals surface area contributed by atoms with Crippen molar-refractivity contribution in [3.05, 3.63) is 23.8 Å². The SMILES string of the molecule is CC[C@H](C)[C@@H]([C@@H](CC(=O)N1CCC[C@H]1[C@H](OC)[C@@H](C)C(=O)C[C@@H](Cc1ccc2c(c1)NC(=O)[C@H](C)CC(=O)[C@H](C)NC(=O)CCOCCCC(=O)C#CC(=O)CCCOCCC(=O)N[C@@H](C)C(=O)C[C@@H](C)C(=O)O2)C(=O)O)OC)N(C)C(=O)[C@@H](CC(=O)[C@H](C(C)C)N(C)C)C(C)C. The largest absolute Gasteiger partial charge is 0.481 e. The summed E-state index contributed by atoms with van der Waals surface area (Å²) in [4.78, 5) is 180. The maximum Gasteiger partial charge on any atom is 0.314 e. The quantitative estimate of drug-likeness (QED) is 0.0410. The topological polar surface area (TPSA) is 334 Å². The zero-order chi connectivity index (χ0) is 73.0. The normalized spacial score (nSPS) is 22.8. The van der Waals surface area contributed by atoms with Crippen molar-refractivity contribution in [1.29, 1.82) is 0 Å². The highest BCUT2D eigenvalue weighted by atomic mass is 16.5. The number of fused-ring (bicyclic) bond motifs is 1. The van der Waals surface area contributed by atoms with Crippen molar-refractivity contribution in [3.63, 3.8) is 0 Å². The predicted molar refractivity (Wildman–Crippen MR) is 361 cm³/mol. The Morgan fingerprint density at radius 2 is 1.26 bits per heavy atom. The number of Topliss-reactive ketones (excluding diaryl/α,β-unsaturated/α-hetero) is 6. The van der Waals surface area contributed by atoms with Gasteiger partial charge in [0.1, 0.15) is 5.78 Å². The van der Waals surface area contributed by atoms with E-state index in [2.05, 4.69) is 27.8 Å². The van der Waals surface area contributed by atoms with Crippen molar-refractivity contribution >= 4 is 81.9 Å². The minimum Gasteiger partial charge on any atom is -0.481 e. The predicted octanol–water partition coefficient (Wildman–Crippen LogP) is 6.20. The molecule has 0 aromatic heterocycles. The number of nitrogens with one attached hydrogen (secondary N) is 3. The van der Waals surface area contributed by atoms with Gasteiger partial charge in [-0.15, -0.1) is 0 Å². The van der Waals surface area contributed by atoms with Gasteiger partial charge >= 0.3 is 11.9 Å². The van der Waals surface area contributed by atoms with Crippen LogP contribution in [-0.2, 0) is 87.7 Å². The van der Waals surface area contributed by atoms with Crippen molar-refractivity contribution in [2.75, 3.05) is 73.7 Å². The summed E-state index contributed by atoms with van der Waals surface area (Å²) in [5, 5.41) is 18.6. The van der Waals surface area contributed by atoms with Crippen molar-refractivity contribution in [3.8, 4) is 17.6 Å². The van der Waals surface area contributed by atoms with Gasteiger partial charge in [0.25, 0.3) is 0 Å². The molecule has 0 unspecified atom stereocenters. The third-order valence-electron chi connectivity index (χ3n) is 18.5. The molecular formula is C72H110N6O19. The van der Waals surface area contributed by atoms with Crippen LogP contribution >= 0.6 is 0 Å². The average Bonchev–Trinajstić information content (AvgIpc) is 1.78.